The highest BCUT2D eigenvalue weighted by molar-refractivity contribution is 5.85. The molecule has 0 aliphatic carbocycles. The van der Waals surface area contributed by atoms with E-state index in [2.05, 4.69) is 38.5 Å². The Balaban J connectivity index is 1.29. The normalized spacial score (nSPS) is 20.8. The van der Waals surface area contributed by atoms with E-state index in [-0.39, 0.29) is 18.2 Å². The predicted molar refractivity (Wildman–Crippen MR) is 152 cm³/mol. The Kier molecular flexibility index (Phi) is 7.39. The molecule has 11 nitrogen and oxygen atoms in total. The lowest BCUT2D eigenvalue weighted by atomic mass is 9.82. The monoisotopic (exact) mass is 548 g/mol. The van der Waals surface area contributed by atoms with E-state index in [1.807, 2.05) is 29.5 Å². The topological polar surface area (TPSA) is 110 Å². The van der Waals surface area contributed by atoms with Gasteiger partial charge in [0.2, 0.25) is 0 Å². The molecule has 3 aromatic rings. The molecule has 3 amide bonds. The number of piperidine rings is 1. The Morgan fingerprint density at radius 2 is 1.82 bits per heavy atom. The molecule has 0 saturated carbocycles. The average Bonchev–Trinajstić information content (AvgIpc) is 3.73. The summed E-state index contributed by atoms with van der Waals surface area (Å²) < 4.78 is 9.49. The molecule has 1 unspecified atom stereocenters. The maximum atomic E-state index is 12.5. The fourth-order valence-corrected chi connectivity index (χ4v) is 6.61. The number of carbonyl (C=O) groups excluding carboxylic acids is 2. The van der Waals surface area contributed by atoms with Gasteiger partial charge in [0.15, 0.2) is 6.73 Å². The van der Waals surface area contributed by atoms with Crippen molar-refractivity contribution in [2.75, 3.05) is 39.3 Å². The van der Waals surface area contributed by atoms with Gasteiger partial charge in [-0.1, -0.05) is 6.42 Å². The first-order chi connectivity index (χ1) is 19.5. The quantitative estimate of drug-likeness (QED) is 0.466. The molecule has 3 aromatic heterocycles. The third kappa shape index (κ3) is 5.02. The first kappa shape index (κ1) is 26.6. The van der Waals surface area contributed by atoms with Gasteiger partial charge in [0, 0.05) is 73.7 Å². The van der Waals surface area contributed by atoms with Crippen molar-refractivity contribution in [3.63, 3.8) is 0 Å². The highest BCUT2D eigenvalue weighted by Gasteiger charge is 2.46. The molecule has 2 saturated heterocycles. The summed E-state index contributed by atoms with van der Waals surface area (Å²) in [5.41, 5.74) is 5.06. The van der Waals surface area contributed by atoms with Crippen LogP contribution in [0.1, 0.15) is 57.2 Å². The van der Waals surface area contributed by atoms with Gasteiger partial charge in [-0.3, -0.25) is 14.1 Å². The number of aryl methyl sites for hydroxylation is 1. The van der Waals surface area contributed by atoms with Gasteiger partial charge in [-0.2, -0.15) is 5.10 Å². The van der Waals surface area contributed by atoms with Crippen molar-refractivity contribution in [1.29, 1.82) is 0 Å². The minimum atomic E-state index is -0.433. The van der Waals surface area contributed by atoms with Gasteiger partial charge in [0.05, 0.1) is 5.69 Å². The zero-order valence-corrected chi connectivity index (χ0v) is 23.6. The number of alkyl carbamates (subject to hydrolysis) is 1. The van der Waals surface area contributed by atoms with Gasteiger partial charge in [0.1, 0.15) is 5.65 Å². The highest BCUT2D eigenvalue weighted by atomic mass is 16.6. The lowest BCUT2D eigenvalue weighted by Gasteiger charge is -2.26. The summed E-state index contributed by atoms with van der Waals surface area (Å²) in [5.74, 6) is 0. The van der Waals surface area contributed by atoms with Gasteiger partial charge >= 0.3 is 12.1 Å². The highest BCUT2D eigenvalue weighted by Crippen LogP contribution is 2.44. The van der Waals surface area contributed by atoms with Crippen molar-refractivity contribution in [1.82, 2.24) is 39.8 Å². The molecule has 11 heteroatoms. The fourth-order valence-electron chi connectivity index (χ4n) is 6.61. The molecule has 2 N–H and O–H groups in total. The Bertz CT molecular complexity index is 1390. The first-order valence-electron chi connectivity index (χ1n) is 14.7. The molecule has 6 rings (SSSR count). The Labute approximate surface area is 234 Å². The van der Waals surface area contributed by atoms with Crippen LogP contribution >= 0.6 is 0 Å². The minimum absolute atomic E-state index is 0.0223. The number of pyridine rings is 1. The van der Waals surface area contributed by atoms with E-state index in [4.69, 9.17) is 14.8 Å². The second kappa shape index (κ2) is 11.1. The summed E-state index contributed by atoms with van der Waals surface area (Å²) in [4.78, 5) is 33.7. The van der Waals surface area contributed by atoms with Gasteiger partial charge < -0.3 is 20.3 Å². The summed E-state index contributed by atoms with van der Waals surface area (Å²) >= 11 is 0. The summed E-state index contributed by atoms with van der Waals surface area (Å²) in [6.07, 6.45) is 9.22. The van der Waals surface area contributed by atoms with E-state index in [0.717, 1.165) is 74.4 Å². The third-order valence-electron chi connectivity index (χ3n) is 8.69. The maximum Gasteiger partial charge on any atom is 0.408 e. The van der Waals surface area contributed by atoms with Crippen LogP contribution in [0, 0.1) is 0 Å². The Morgan fingerprint density at radius 1 is 1.02 bits per heavy atom. The summed E-state index contributed by atoms with van der Waals surface area (Å²) in [5, 5.41) is 11.7. The second-order valence-electron chi connectivity index (χ2n) is 11.3. The molecule has 3 aliphatic heterocycles. The van der Waals surface area contributed by atoms with Crippen LogP contribution in [-0.2, 0) is 30.0 Å². The van der Waals surface area contributed by atoms with Gasteiger partial charge in [-0.05, 0) is 70.3 Å². The van der Waals surface area contributed by atoms with Crippen LogP contribution in [0.2, 0.25) is 0 Å². The van der Waals surface area contributed by atoms with Crippen molar-refractivity contribution < 1.29 is 14.3 Å². The van der Waals surface area contributed by atoms with E-state index in [0.29, 0.717) is 13.1 Å². The SMILES string of the molecule is CCNC(=O)OCn1cc(CN2CCCCC2)c2cc(-c3cc4n(n3)CCC43CCN(C(=O)NCC)C3)cnc21. The number of ether oxygens (including phenoxy) is 1. The van der Waals surface area contributed by atoms with Crippen LogP contribution in [0.15, 0.2) is 24.5 Å². The van der Waals surface area contributed by atoms with Crippen LogP contribution in [-0.4, -0.2) is 80.5 Å². The molecular weight excluding hydrogens is 508 g/mol. The molecule has 0 aromatic carbocycles. The van der Waals surface area contributed by atoms with Crippen molar-refractivity contribution >= 4 is 23.2 Å². The van der Waals surface area contributed by atoms with Crippen LogP contribution in [0.4, 0.5) is 9.59 Å². The van der Waals surface area contributed by atoms with Crippen molar-refractivity contribution in [3.05, 3.63) is 35.8 Å². The van der Waals surface area contributed by atoms with E-state index < -0.39 is 6.09 Å². The van der Waals surface area contributed by atoms with E-state index in [9.17, 15) is 9.59 Å². The van der Waals surface area contributed by atoms with E-state index in [1.54, 1.807) is 0 Å². The maximum absolute atomic E-state index is 12.5. The lowest BCUT2D eigenvalue weighted by Crippen LogP contribution is -2.40. The summed E-state index contributed by atoms with van der Waals surface area (Å²) in [6.45, 7) is 10.5. The predicted octanol–water partition coefficient (Wildman–Crippen LogP) is 3.67. The largest absolute Gasteiger partial charge is 0.428 e. The smallest absolute Gasteiger partial charge is 0.408 e. The minimum Gasteiger partial charge on any atom is -0.428 e. The number of hydrogen-bond donors (Lipinski definition) is 2. The molecular formula is C29H40N8O3. The fraction of sp³-hybridized carbons (Fsp3) is 0.586. The van der Waals surface area contributed by atoms with Crippen molar-refractivity contribution in [2.24, 2.45) is 0 Å². The Morgan fingerprint density at radius 3 is 2.62 bits per heavy atom. The average molecular weight is 549 g/mol. The van der Waals surface area contributed by atoms with Gasteiger partial charge in [-0.25, -0.2) is 14.6 Å². The Hall–Kier alpha value is -3.60. The van der Waals surface area contributed by atoms with Crippen LogP contribution in [0.3, 0.4) is 0 Å². The number of fused-ring (bicyclic) bond motifs is 3. The molecule has 1 atom stereocenters. The molecule has 40 heavy (non-hydrogen) atoms. The molecule has 1 spiro atoms. The van der Waals surface area contributed by atoms with Gasteiger partial charge in [0.25, 0.3) is 0 Å². The van der Waals surface area contributed by atoms with Crippen LogP contribution < -0.4 is 10.6 Å². The third-order valence-corrected chi connectivity index (χ3v) is 8.69. The van der Waals surface area contributed by atoms with E-state index >= 15 is 0 Å². The number of amides is 3. The second-order valence-corrected chi connectivity index (χ2v) is 11.3. The number of aromatic nitrogens is 4. The van der Waals surface area contributed by atoms with E-state index in [1.165, 1.54) is 30.5 Å². The standard InChI is InChI=1S/C29H40N8O3/c1-3-30-27(38)35-12-8-29(19-35)9-13-37-25(29)15-24(33-37)21-14-23-22(17-34-10-6-5-7-11-34)18-36(26(23)32-16-21)20-40-28(39)31-4-2/h14-16,18H,3-13,17,19-20H2,1-2H3,(H,30,38)(H,31,39). The first-order valence-corrected chi connectivity index (χ1v) is 14.7. The number of carbonyl (C=O) groups is 2. The van der Waals surface area contributed by atoms with Gasteiger partial charge in [-0.15, -0.1) is 0 Å². The number of hydrogen-bond acceptors (Lipinski definition) is 6. The molecule has 6 heterocycles. The van der Waals surface area contributed by atoms with Crippen molar-refractivity contribution in [3.8, 4) is 11.3 Å². The summed E-state index contributed by atoms with van der Waals surface area (Å²) in [7, 11) is 0. The zero-order valence-electron chi connectivity index (χ0n) is 23.6. The van der Waals surface area contributed by atoms with Crippen LogP contribution in [0.5, 0.6) is 0 Å². The number of nitrogens with one attached hydrogen (secondary N) is 2. The molecule has 2 fully saturated rings. The number of urea groups is 1. The summed E-state index contributed by atoms with van der Waals surface area (Å²) in [6, 6.07) is 4.41. The van der Waals surface area contributed by atoms with Crippen LogP contribution in [0.25, 0.3) is 22.3 Å². The lowest BCUT2D eigenvalue weighted by molar-refractivity contribution is 0.116. The van der Waals surface area contributed by atoms with Crippen molar-refractivity contribution in [2.45, 2.75) is 71.2 Å². The molecule has 214 valence electrons. The molecule has 0 bridgehead atoms. The number of nitrogens with zero attached hydrogens (tertiary/aromatic N) is 6. The number of rotatable bonds is 7. The molecule has 3 aliphatic rings. The molecule has 0 radical (unpaired) electrons. The number of likely N-dealkylation sites (tertiary alicyclic amines) is 2. The zero-order chi connectivity index (χ0) is 27.7.